The quantitative estimate of drug-likeness (QED) is 0.558. The summed E-state index contributed by atoms with van der Waals surface area (Å²) in [5, 5.41) is 3.73. The number of carbonyl (C=O) groups is 2. The monoisotopic (exact) mass is 405 g/mol. The smallest absolute Gasteiger partial charge is 0.277 e. The SMILES string of the molecule is CC(CC(N)=O)=NNC(=O)COc1ccc(Br)cc1Br. The molecular weight excluding hydrogens is 394 g/mol. The molecule has 20 heavy (non-hydrogen) atoms. The molecule has 0 saturated carbocycles. The second kappa shape index (κ2) is 8.01. The summed E-state index contributed by atoms with van der Waals surface area (Å²) in [4.78, 5) is 22.1. The Morgan fingerprint density at radius 1 is 1.40 bits per heavy atom. The van der Waals surface area contributed by atoms with Crippen LogP contribution in [0.25, 0.3) is 0 Å². The zero-order valence-corrected chi connectivity index (χ0v) is 13.8. The molecule has 1 aromatic carbocycles. The van der Waals surface area contributed by atoms with E-state index < -0.39 is 11.8 Å². The molecule has 0 aliphatic heterocycles. The van der Waals surface area contributed by atoms with Gasteiger partial charge >= 0.3 is 0 Å². The maximum atomic E-state index is 11.5. The number of ether oxygens (including phenoxy) is 1. The lowest BCUT2D eigenvalue weighted by molar-refractivity contribution is -0.123. The van der Waals surface area contributed by atoms with E-state index in [4.69, 9.17) is 10.5 Å². The first kappa shape index (κ1) is 16.6. The van der Waals surface area contributed by atoms with Gasteiger partial charge in [0.15, 0.2) is 6.61 Å². The van der Waals surface area contributed by atoms with Crippen molar-refractivity contribution in [3.63, 3.8) is 0 Å². The standard InChI is InChI=1S/C12H13Br2N3O3/c1-7(4-11(15)18)16-17-12(19)6-20-10-3-2-8(13)5-9(10)14/h2-3,5H,4,6H2,1H3,(H2,15,18)(H,17,19). The second-order valence-electron chi connectivity index (χ2n) is 3.89. The summed E-state index contributed by atoms with van der Waals surface area (Å²) in [6, 6.07) is 5.33. The average Bonchev–Trinajstić information content (AvgIpc) is 2.34. The number of benzene rings is 1. The van der Waals surface area contributed by atoms with Gasteiger partial charge in [-0.2, -0.15) is 5.10 Å². The fourth-order valence-electron chi connectivity index (χ4n) is 1.22. The normalized spacial score (nSPS) is 11.1. The van der Waals surface area contributed by atoms with E-state index in [9.17, 15) is 9.59 Å². The number of hydrazone groups is 1. The van der Waals surface area contributed by atoms with Crippen LogP contribution in [0.2, 0.25) is 0 Å². The van der Waals surface area contributed by atoms with E-state index in [0.717, 1.165) is 8.95 Å². The van der Waals surface area contributed by atoms with Crippen LogP contribution in [0.1, 0.15) is 13.3 Å². The number of nitrogens with two attached hydrogens (primary N) is 1. The molecule has 3 N–H and O–H groups in total. The minimum Gasteiger partial charge on any atom is -0.483 e. The van der Waals surface area contributed by atoms with Crippen LogP contribution in [0.15, 0.2) is 32.2 Å². The third kappa shape index (κ3) is 6.16. The van der Waals surface area contributed by atoms with Crippen molar-refractivity contribution < 1.29 is 14.3 Å². The Bertz CT molecular complexity index is 547. The molecule has 1 rings (SSSR count). The fraction of sp³-hybridized carbons (Fsp3) is 0.250. The van der Waals surface area contributed by atoms with E-state index in [2.05, 4.69) is 42.4 Å². The molecule has 108 valence electrons. The molecule has 0 spiro atoms. The molecule has 0 heterocycles. The lowest BCUT2D eigenvalue weighted by Gasteiger charge is -2.07. The van der Waals surface area contributed by atoms with Crippen LogP contribution in [0, 0.1) is 0 Å². The molecule has 0 bridgehead atoms. The molecule has 0 unspecified atom stereocenters. The van der Waals surface area contributed by atoms with Gasteiger partial charge in [-0.3, -0.25) is 9.59 Å². The summed E-state index contributed by atoms with van der Waals surface area (Å²) in [6.07, 6.45) is -0.000598. The number of carbonyl (C=O) groups excluding carboxylic acids is 2. The van der Waals surface area contributed by atoms with Crippen molar-refractivity contribution >= 4 is 49.4 Å². The number of nitrogens with one attached hydrogen (secondary N) is 1. The number of rotatable bonds is 6. The average molecular weight is 407 g/mol. The first-order valence-electron chi connectivity index (χ1n) is 5.56. The lowest BCUT2D eigenvalue weighted by Crippen LogP contribution is -2.26. The largest absolute Gasteiger partial charge is 0.483 e. The molecule has 1 aromatic rings. The Morgan fingerprint density at radius 3 is 2.70 bits per heavy atom. The van der Waals surface area contributed by atoms with Crippen LogP contribution in [0.4, 0.5) is 0 Å². The van der Waals surface area contributed by atoms with Gasteiger partial charge in [-0.05, 0) is 41.1 Å². The van der Waals surface area contributed by atoms with Crippen LogP contribution in [0.5, 0.6) is 5.75 Å². The van der Waals surface area contributed by atoms with Gasteiger partial charge in [0.2, 0.25) is 5.91 Å². The number of primary amides is 1. The highest BCUT2D eigenvalue weighted by atomic mass is 79.9. The molecule has 0 atom stereocenters. The number of amides is 2. The number of hydrogen-bond acceptors (Lipinski definition) is 4. The van der Waals surface area contributed by atoms with Crippen molar-refractivity contribution in [2.24, 2.45) is 10.8 Å². The van der Waals surface area contributed by atoms with E-state index in [0.29, 0.717) is 11.5 Å². The van der Waals surface area contributed by atoms with Crippen molar-refractivity contribution in [3.05, 3.63) is 27.1 Å². The molecule has 0 saturated heterocycles. The van der Waals surface area contributed by atoms with Crippen LogP contribution < -0.4 is 15.9 Å². The predicted molar refractivity (Wildman–Crippen MR) is 82.4 cm³/mol. The zero-order valence-electron chi connectivity index (χ0n) is 10.7. The van der Waals surface area contributed by atoms with E-state index in [1.165, 1.54) is 0 Å². The second-order valence-corrected chi connectivity index (χ2v) is 5.66. The highest BCUT2D eigenvalue weighted by Gasteiger charge is 2.06. The summed E-state index contributed by atoms with van der Waals surface area (Å²) in [5.41, 5.74) is 7.70. The molecular formula is C12H13Br2N3O3. The maximum Gasteiger partial charge on any atom is 0.277 e. The number of nitrogens with zero attached hydrogens (tertiary/aromatic N) is 1. The van der Waals surface area contributed by atoms with Gasteiger partial charge in [0.1, 0.15) is 5.75 Å². The van der Waals surface area contributed by atoms with Gasteiger partial charge < -0.3 is 10.5 Å². The van der Waals surface area contributed by atoms with E-state index in [1.807, 2.05) is 6.07 Å². The highest BCUT2D eigenvalue weighted by Crippen LogP contribution is 2.27. The molecule has 8 heteroatoms. The number of halogens is 2. The predicted octanol–water partition coefficient (Wildman–Crippen LogP) is 1.96. The Hall–Kier alpha value is -1.41. The zero-order chi connectivity index (χ0) is 15.1. The van der Waals surface area contributed by atoms with Gasteiger partial charge in [0.25, 0.3) is 5.91 Å². The lowest BCUT2D eigenvalue weighted by atomic mass is 10.3. The molecule has 0 fully saturated rings. The van der Waals surface area contributed by atoms with Crippen LogP contribution >= 0.6 is 31.9 Å². The Balaban J connectivity index is 2.45. The van der Waals surface area contributed by atoms with Gasteiger partial charge in [-0.25, -0.2) is 5.43 Å². The Morgan fingerprint density at radius 2 is 2.10 bits per heavy atom. The summed E-state index contributed by atoms with van der Waals surface area (Å²) < 4.78 is 6.95. The van der Waals surface area contributed by atoms with Crippen molar-refractivity contribution in [3.8, 4) is 5.75 Å². The van der Waals surface area contributed by atoms with Gasteiger partial charge in [-0.1, -0.05) is 15.9 Å². The third-order valence-corrected chi connectivity index (χ3v) is 3.17. The fourth-order valence-corrected chi connectivity index (χ4v) is 2.38. The van der Waals surface area contributed by atoms with Crippen molar-refractivity contribution in [1.82, 2.24) is 5.43 Å². The highest BCUT2D eigenvalue weighted by molar-refractivity contribution is 9.11. The van der Waals surface area contributed by atoms with Crippen molar-refractivity contribution in [2.75, 3.05) is 6.61 Å². The topological polar surface area (TPSA) is 93.8 Å². The minimum absolute atomic E-state index is 0.000598. The molecule has 6 nitrogen and oxygen atoms in total. The van der Waals surface area contributed by atoms with Crippen LogP contribution in [0.3, 0.4) is 0 Å². The van der Waals surface area contributed by atoms with E-state index in [-0.39, 0.29) is 13.0 Å². The number of hydrogen-bond donors (Lipinski definition) is 2. The first-order valence-corrected chi connectivity index (χ1v) is 7.15. The summed E-state index contributed by atoms with van der Waals surface area (Å²) in [6.45, 7) is 1.41. The summed E-state index contributed by atoms with van der Waals surface area (Å²) >= 11 is 6.64. The van der Waals surface area contributed by atoms with Gasteiger partial charge in [0, 0.05) is 10.2 Å². The third-order valence-electron chi connectivity index (χ3n) is 2.05. The van der Waals surface area contributed by atoms with Crippen LogP contribution in [-0.4, -0.2) is 24.1 Å². The molecule has 2 amide bonds. The van der Waals surface area contributed by atoms with Gasteiger partial charge in [-0.15, -0.1) is 0 Å². The van der Waals surface area contributed by atoms with E-state index >= 15 is 0 Å². The minimum atomic E-state index is -0.504. The van der Waals surface area contributed by atoms with E-state index in [1.54, 1.807) is 19.1 Å². The Labute approximate surface area is 133 Å². The summed E-state index contributed by atoms with van der Waals surface area (Å²) in [7, 11) is 0. The Kier molecular flexibility index (Phi) is 6.66. The van der Waals surface area contributed by atoms with Crippen molar-refractivity contribution in [1.29, 1.82) is 0 Å². The summed E-state index contributed by atoms with van der Waals surface area (Å²) in [5.74, 6) is -0.389. The van der Waals surface area contributed by atoms with Crippen LogP contribution in [-0.2, 0) is 9.59 Å². The van der Waals surface area contributed by atoms with Gasteiger partial charge in [0.05, 0.1) is 10.9 Å². The molecule has 0 aromatic heterocycles. The maximum absolute atomic E-state index is 11.5. The molecule has 0 aliphatic rings. The first-order chi connectivity index (χ1) is 9.38. The van der Waals surface area contributed by atoms with Crippen molar-refractivity contribution in [2.45, 2.75) is 13.3 Å². The molecule has 0 aliphatic carbocycles. The molecule has 0 radical (unpaired) electrons.